The second-order valence-electron chi connectivity index (χ2n) is 4.73. The van der Waals surface area contributed by atoms with E-state index in [2.05, 4.69) is 20.8 Å². The van der Waals surface area contributed by atoms with E-state index in [0.29, 0.717) is 6.42 Å². The number of carbonyl (C=O) groups is 1. The van der Waals surface area contributed by atoms with Gasteiger partial charge in [-0.1, -0.05) is 12.1 Å². The first kappa shape index (κ1) is 13.6. The van der Waals surface area contributed by atoms with Crippen LogP contribution < -0.4 is 10.6 Å². The fourth-order valence-corrected chi connectivity index (χ4v) is 2.18. The van der Waals surface area contributed by atoms with Gasteiger partial charge in [0, 0.05) is 19.5 Å². The molecule has 0 saturated heterocycles. The molecule has 19 heavy (non-hydrogen) atoms. The topological polar surface area (TPSA) is 95.3 Å². The minimum absolute atomic E-state index is 0.0113. The summed E-state index contributed by atoms with van der Waals surface area (Å²) >= 11 is 0. The second kappa shape index (κ2) is 6.40. The standard InChI is InChI=1S/C12H20N4O3/c1-2-9(15-12-13-4-3-5-14-12)10-6-8(19-16-10)7-11(17)18/h8-9H,2-7H2,1H3,(H,17,18)(H2,13,14,15). The SMILES string of the molecule is CCC(NC1=NCCCN1)C1=NOC(CC(=O)O)C1. The second-order valence-corrected chi connectivity index (χ2v) is 4.73. The highest BCUT2D eigenvalue weighted by Gasteiger charge is 2.28. The number of nitrogens with one attached hydrogen (secondary N) is 2. The van der Waals surface area contributed by atoms with Gasteiger partial charge in [-0.05, 0) is 12.8 Å². The van der Waals surface area contributed by atoms with E-state index in [1.807, 2.05) is 6.92 Å². The van der Waals surface area contributed by atoms with Crippen molar-refractivity contribution in [2.24, 2.45) is 10.1 Å². The maximum Gasteiger partial charge on any atom is 0.307 e. The quantitative estimate of drug-likeness (QED) is 0.667. The lowest BCUT2D eigenvalue weighted by molar-refractivity contribution is -0.139. The van der Waals surface area contributed by atoms with Gasteiger partial charge in [-0.2, -0.15) is 0 Å². The molecule has 2 aliphatic heterocycles. The van der Waals surface area contributed by atoms with E-state index in [1.165, 1.54) is 0 Å². The summed E-state index contributed by atoms with van der Waals surface area (Å²) in [5.41, 5.74) is 0.865. The van der Waals surface area contributed by atoms with Crippen LogP contribution in [-0.2, 0) is 9.63 Å². The van der Waals surface area contributed by atoms with E-state index in [0.717, 1.165) is 37.6 Å². The van der Waals surface area contributed by atoms with Gasteiger partial charge in [0.2, 0.25) is 0 Å². The Balaban J connectivity index is 1.88. The van der Waals surface area contributed by atoms with Crippen LogP contribution in [0.15, 0.2) is 10.1 Å². The molecule has 2 heterocycles. The first-order chi connectivity index (χ1) is 9.19. The summed E-state index contributed by atoms with van der Waals surface area (Å²) in [5, 5.41) is 19.3. The molecule has 0 radical (unpaired) electrons. The molecule has 3 N–H and O–H groups in total. The van der Waals surface area contributed by atoms with Gasteiger partial charge in [-0.3, -0.25) is 9.79 Å². The lowest BCUT2D eigenvalue weighted by atomic mass is 10.0. The Morgan fingerprint density at radius 2 is 2.53 bits per heavy atom. The van der Waals surface area contributed by atoms with Crippen LogP contribution in [-0.4, -0.2) is 48.0 Å². The summed E-state index contributed by atoms with van der Waals surface area (Å²) in [5.74, 6) is -0.0664. The van der Waals surface area contributed by atoms with Crippen LogP contribution in [0.4, 0.5) is 0 Å². The molecule has 0 amide bonds. The van der Waals surface area contributed by atoms with Gasteiger partial charge in [0.25, 0.3) is 0 Å². The first-order valence-electron chi connectivity index (χ1n) is 6.68. The van der Waals surface area contributed by atoms with Crippen LogP contribution in [0.25, 0.3) is 0 Å². The van der Waals surface area contributed by atoms with Gasteiger partial charge in [0.15, 0.2) is 5.96 Å². The van der Waals surface area contributed by atoms with E-state index in [1.54, 1.807) is 0 Å². The number of hydrogen-bond acceptors (Lipinski definition) is 6. The minimum atomic E-state index is -0.860. The molecule has 2 unspecified atom stereocenters. The predicted octanol–water partition coefficient (Wildman–Crippen LogP) is 0.323. The lowest BCUT2D eigenvalue weighted by Gasteiger charge is -2.22. The number of carboxylic acid groups (broad SMARTS) is 1. The zero-order valence-electron chi connectivity index (χ0n) is 11.1. The summed E-state index contributed by atoms with van der Waals surface area (Å²) in [6.45, 7) is 3.80. The Kier molecular flexibility index (Phi) is 4.59. The Morgan fingerprint density at radius 1 is 1.68 bits per heavy atom. The Hall–Kier alpha value is -1.79. The molecule has 7 heteroatoms. The Morgan fingerprint density at radius 3 is 3.16 bits per heavy atom. The molecule has 106 valence electrons. The fourth-order valence-electron chi connectivity index (χ4n) is 2.18. The van der Waals surface area contributed by atoms with Crippen LogP contribution in [0.2, 0.25) is 0 Å². The summed E-state index contributed by atoms with van der Waals surface area (Å²) in [6, 6.07) is 0.0446. The average molecular weight is 268 g/mol. The number of carboxylic acids is 1. The van der Waals surface area contributed by atoms with Crippen molar-refractivity contribution in [3.63, 3.8) is 0 Å². The van der Waals surface area contributed by atoms with E-state index in [9.17, 15) is 4.79 Å². The van der Waals surface area contributed by atoms with Crippen molar-refractivity contribution in [3.8, 4) is 0 Å². The number of hydrogen-bond donors (Lipinski definition) is 3. The molecule has 0 aromatic rings. The third kappa shape index (κ3) is 3.84. The normalized spacial score (nSPS) is 23.7. The summed E-state index contributed by atoms with van der Waals surface area (Å²) < 4.78 is 0. The van der Waals surface area contributed by atoms with E-state index in [-0.39, 0.29) is 18.6 Å². The Labute approximate surface area is 112 Å². The number of aliphatic carboxylic acids is 1. The number of rotatable bonds is 5. The third-order valence-corrected chi connectivity index (χ3v) is 3.18. The molecule has 2 atom stereocenters. The first-order valence-corrected chi connectivity index (χ1v) is 6.68. The van der Waals surface area contributed by atoms with Crippen LogP contribution in [0, 0.1) is 0 Å². The van der Waals surface area contributed by atoms with Crippen molar-refractivity contribution in [1.82, 2.24) is 10.6 Å². The van der Waals surface area contributed by atoms with Crippen molar-refractivity contribution >= 4 is 17.6 Å². The molecule has 0 bridgehead atoms. The van der Waals surface area contributed by atoms with E-state index < -0.39 is 5.97 Å². The van der Waals surface area contributed by atoms with Crippen LogP contribution >= 0.6 is 0 Å². The highest BCUT2D eigenvalue weighted by atomic mass is 16.6. The number of oxime groups is 1. The van der Waals surface area contributed by atoms with Crippen LogP contribution in [0.1, 0.15) is 32.6 Å². The molecule has 0 fully saturated rings. The van der Waals surface area contributed by atoms with Crippen molar-refractivity contribution < 1.29 is 14.7 Å². The van der Waals surface area contributed by atoms with Gasteiger partial charge in [0.05, 0.1) is 18.2 Å². The van der Waals surface area contributed by atoms with Crippen LogP contribution in [0.5, 0.6) is 0 Å². The zero-order valence-corrected chi connectivity index (χ0v) is 11.1. The number of aliphatic imine (C=N–C) groups is 1. The van der Waals surface area contributed by atoms with Gasteiger partial charge in [-0.15, -0.1) is 0 Å². The summed E-state index contributed by atoms with van der Waals surface area (Å²) in [6.07, 6.45) is 2.10. The lowest BCUT2D eigenvalue weighted by Crippen LogP contribution is -2.48. The third-order valence-electron chi connectivity index (χ3n) is 3.18. The largest absolute Gasteiger partial charge is 0.481 e. The van der Waals surface area contributed by atoms with Gasteiger partial charge >= 0.3 is 5.97 Å². The fraction of sp³-hybridized carbons (Fsp3) is 0.750. The molecule has 7 nitrogen and oxygen atoms in total. The highest BCUT2D eigenvalue weighted by molar-refractivity contribution is 5.94. The van der Waals surface area contributed by atoms with Crippen molar-refractivity contribution in [2.75, 3.05) is 13.1 Å². The molecule has 2 rings (SSSR count). The summed E-state index contributed by atoms with van der Waals surface area (Å²) in [4.78, 5) is 20.2. The maximum absolute atomic E-state index is 10.6. The predicted molar refractivity (Wildman–Crippen MR) is 71.3 cm³/mol. The zero-order chi connectivity index (χ0) is 13.7. The smallest absolute Gasteiger partial charge is 0.307 e. The molecule has 0 saturated carbocycles. The van der Waals surface area contributed by atoms with Crippen molar-refractivity contribution in [1.29, 1.82) is 0 Å². The molecule has 0 aromatic heterocycles. The van der Waals surface area contributed by atoms with Crippen molar-refractivity contribution in [2.45, 2.75) is 44.8 Å². The van der Waals surface area contributed by atoms with Gasteiger partial charge in [-0.25, -0.2) is 0 Å². The van der Waals surface area contributed by atoms with E-state index >= 15 is 0 Å². The van der Waals surface area contributed by atoms with Crippen molar-refractivity contribution in [3.05, 3.63) is 0 Å². The summed E-state index contributed by atoms with van der Waals surface area (Å²) in [7, 11) is 0. The van der Waals surface area contributed by atoms with Gasteiger partial charge in [0.1, 0.15) is 6.10 Å². The molecule has 0 spiro atoms. The number of guanidine groups is 1. The van der Waals surface area contributed by atoms with E-state index in [4.69, 9.17) is 9.94 Å². The average Bonchev–Trinajstić information content (AvgIpc) is 2.84. The maximum atomic E-state index is 10.6. The molecular weight excluding hydrogens is 248 g/mol. The number of nitrogens with zero attached hydrogens (tertiary/aromatic N) is 2. The van der Waals surface area contributed by atoms with Gasteiger partial charge < -0.3 is 20.6 Å². The molecule has 0 aromatic carbocycles. The highest BCUT2D eigenvalue weighted by Crippen LogP contribution is 2.17. The Bertz CT molecular complexity index is 394. The van der Waals surface area contributed by atoms with Crippen LogP contribution in [0.3, 0.4) is 0 Å². The molecular formula is C12H20N4O3. The molecule has 0 aliphatic carbocycles. The monoisotopic (exact) mass is 268 g/mol. The molecule has 2 aliphatic rings. The minimum Gasteiger partial charge on any atom is -0.481 e.